The molecule has 0 radical (unpaired) electrons. The van der Waals surface area contributed by atoms with Crippen LogP contribution in [0.3, 0.4) is 0 Å². The maximum Gasteiger partial charge on any atom is 0.303 e. The van der Waals surface area contributed by atoms with Crippen LogP contribution < -0.4 is 0 Å². The minimum atomic E-state index is -0.693. The van der Waals surface area contributed by atoms with Crippen molar-refractivity contribution in [2.75, 3.05) is 0 Å². The maximum absolute atomic E-state index is 10.6. The highest BCUT2D eigenvalue weighted by atomic mass is 16.7. The molecular weight excluding hydrogens is 196 g/mol. The van der Waals surface area contributed by atoms with Gasteiger partial charge in [-0.2, -0.15) is 0 Å². The molecule has 4 heteroatoms. The Morgan fingerprint density at radius 3 is 2.80 bits per heavy atom. The fourth-order valence-corrected chi connectivity index (χ4v) is 3.36. The van der Waals surface area contributed by atoms with Crippen LogP contribution in [0.5, 0.6) is 0 Å². The summed E-state index contributed by atoms with van der Waals surface area (Å²) < 4.78 is 11.0. The van der Waals surface area contributed by atoms with E-state index in [4.69, 9.17) is 14.6 Å². The lowest BCUT2D eigenvalue weighted by molar-refractivity contribution is -0.256. The number of aliphatic carboxylic acids is 1. The predicted octanol–water partition coefficient (Wildman–Crippen LogP) is 1.72. The Labute approximate surface area is 87.9 Å². The summed E-state index contributed by atoms with van der Waals surface area (Å²) in [5.74, 6) is 0.204. The van der Waals surface area contributed by atoms with Crippen molar-refractivity contribution in [2.24, 2.45) is 17.8 Å². The molecule has 2 aliphatic carbocycles. The summed E-state index contributed by atoms with van der Waals surface area (Å²) in [6.07, 6.45) is 6.35. The first-order chi connectivity index (χ1) is 7.20. The molecule has 0 aromatic heterocycles. The zero-order chi connectivity index (χ0) is 10.5. The molecule has 0 unspecified atom stereocenters. The Kier molecular flexibility index (Phi) is 1.75. The molecule has 2 saturated carbocycles. The topological polar surface area (TPSA) is 55.8 Å². The Bertz CT molecular complexity index is 315. The van der Waals surface area contributed by atoms with E-state index in [-0.39, 0.29) is 6.42 Å². The van der Waals surface area contributed by atoms with Crippen molar-refractivity contribution in [1.29, 1.82) is 0 Å². The van der Waals surface area contributed by atoms with Crippen LogP contribution in [-0.4, -0.2) is 16.9 Å². The van der Waals surface area contributed by atoms with E-state index in [9.17, 15) is 4.79 Å². The van der Waals surface area contributed by atoms with Crippen molar-refractivity contribution in [1.82, 2.24) is 0 Å². The SMILES string of the molecule is O=C(O)C[C@@H]1C[C@@H]2CC3(OC=CO3)[C@@H]2C1. The third kappa shape index (κ3) is 1.24. The van der Waals surface area contributed by atoms with Gasteiger partial charge in [0.05, 0.1) is 0 Å². The van der Waals surface area contributed by atoms with Gasteiger partial charge in [0.25, 0.3) is 5.79 Å². The zero-order valence-electron chi connectivity index (χ0n) is 8.39. The monoisotopic (exact) mass is 210 g/mol. The molecule has 0 aromatic carbocycles. The molecule has 0 bridgehead atoms. The first kappa shape index (κ1) is 9.07. The number of hydrogen-bond donors (Lipinski definition) is 1. The second-order valence-electron chi connectivity index (χ2n) is 4.83. The summed E-state index contributed by atoms with van der Waals surface area (Å²) in [6, 6.07) is 0. The van der Waals surface area contributed by atoms with Gasteiger partial charge in [0, 0.05) is 18.8 Å². The van der Waals surface area contributed by atoms with Gasteiger partial charge >= 0.3 is 5.97 Å². The van der Waals surface area contributed by atoms with Crippen molar-refractivity contribution >= 4 is 5.97 Å². The normalized spacial score (nSPS) is 39.3. The number of ether oxygens (including phenoxy) is 2. The predicted molar refractivity (Wildman–Crippen MR) is 50.6 cm³/mol. The van der Waals surface area contributed by atoms with Crippen LogP contribution in [0.15, 0.2) is 12.5 Å². The quantitative estimate of drug-likeness (QED) is 0.754. The summed E-state index contributed by atoms with van der Waals surface area (Å²) >= 11 is 0. The Hall–Kier alpha value is -1.19. The van der Waals surface area contributed by atoms with Crippen LogP contribution in [0, 0.1) is 17.8 Å². The Morgan fingerprint density at radius 1 is 1.40 bits per heavy atom. The molecule has 3 atom stereocenters. The number of carboxylic acid groups (broad SMARTS) is 1. The van der Waals surface area contributed by atoms with Gasteiger partial charge in [-0.25, -0.2) is 0 Å². The van der Waals surface area contributed by atoms with E-state index in [1.165, 1.54) is 0 Å². The van der Waals surface area contributed by atoms with E-state index in [2.05, 4.69) is 0 Å². The molecule has 2 fully saturated rings. The lowest BCUT2D eigenvalue weighted by Gasteiger charge is -2.47. The van der Waals surface area contributed by atoms with E-state index in [0.29, 0.717) is 17.8 Å². The number of carbonyl (C=O) groups is 1. The first-order valence-corrected chi connectivity index (χ1v) is 5.42. The molecule has 15 heavy (non-hydrogen) atoms. The van der Waals surface area contributed by atoms with E-state index < -0.39 is 11.8 Å². The number of carboxylic acids is 1. The van der Waals surface area contributed by atoms with E-state index in [1.54, 1.807) is 12.5 Å². The molecule has 1 N–H and O–H groups in total. The van der Waals surface area contributed by atoms with Crippen molar-refractivity contribution < 1.29 is 19.4 Å². The van der Waals surface area contributed by atoms with Crippen molar-refractivity contribution in [3.63, 3.8) is 0 Å². The first-order valence-electron chi connectivity index (χ1n) is 5.42. The highest BCUT2D eigenvalue weighted by molar-refractivity contribution is 5.67. The van der Waals surface area contributed by atoms with Gasteiger partial charge in [0.15, 0.2) is 0 Å². The minimum absolute atomic E-state index is 0.288. The van der Waals surface area contributed by atoms with Crippen molar-refractivity contribution in [3.05, 3.63) is 12.5 Å². The fourth-order valence-electron chi connectivity index (χ4n) is 3.36. The molecule has 1 aliphatic heterocycles. The van der Waals surface area contributed by atoms with Gasteiger partial charge in [0.2, 0.25) is 0 Å². The van der Waals surface area contributed by atoms with Crippen LogP contribution in [0.4, 0.5) is 0 Å². The largest absolute Gasteiger partial charge is 0.481 e. The van der Waals surface area contributed by atoms with Gasteiger partial charge in [-0.1, -0.05) is 0 Å². The van der Waals surface area contributed by atoms with Crippen molar-refractivity contribution in [3.8, 4) is 0 Å². The molecule has 3 rings (SSSR count). The molecule has 0 aromatic rings. The average Bonchev–Trinajstić information content (AvgIpc) is 2.71. The molecule has 3 aliphatic rings. The molecule has 0 saturated heterocycles. The lowest BCUT2D eigenvalue weighted by Crippen LogP contribution is -2.52. The molecule has 82 valence electrons. The molecule has 1 heterocycles. The second kappa shape index (κ2) is 2.90. The summed E-state index contributed by atoms with van der Waals surface area (Å²) in [4.78, 5) is 10.6. The summed E-state index contributed by atoms with van der Waals surface area (Å²) in [6.45, 7) is 0. The number of fused-ring (bicyclic) bond motifs is 2. The van der Waals surface area contributed by atoms with Crippen LogP contribution in [0.1, 0.15) is 25.7 Å². The minimum Gasteiger partial charge on any atom is -0.481 e. The van der Waals surface area contributed by atoms with Gasteiger partial charge in [0.1, 0.15) is 12.5 Å². The van der Waals surface area contributed by atoms with Crippen LogP contribution in [-0.2, 0) is 14.3 Å². The summed E-state index contributed by atoms with van der Waals surface area (Å²) in [5.41, 5.74) is 0. The molecule has 0 amide bonds. The van der Waals surface area contributed by atoms with Crippen LogP contribution in [0.25, 0.3) is 0 Å². The highest BCUT2D eigenvalue weighted by Gasteiger charge is 2.62. The average molecular weight is 210 g/mol. The van der Waals surface area contributed by atoms with Gasteiger partial charge in [-0.15, -0.1) is 0 Å². The Morgan fingerprint density at radius 2 is 2.13 bits per heavy atom. The highest BCUT2D eigenvalue weighted by Crippen LogP contribution is 2.59. The van der Waals surface area contributed by atoms with Crippen LogP contribution in [0.2, 0.25) is 0 Å². The second-order valence-corrected chi connectivity index (χ2v) is 4.83. The standard InChI is InChI=1S/C11H14O4/c12-10(13)5-7-3-8-6-11(9(8)4-7)14-1-2-15-11/h1-2,7-9H,3-6H2,(H,12,13)/t7-,8-,9-/m1/s1. The van der Waals surface area contributed by atoms with Crippen LogP contribution >= 0.6 is 0 Å². The summed E-state index contributed by atoms with van der Waals surface area (Å²) in [7, 11) is 0. The molecule has 1 spiro atoms. The smallest absolute Gasteiger partial charge is 0.303 e. The zero-order valence-corrected chi connectivity index (χ0v) is 8.39. The lowest BCUT2D eigenvalue weighted by atomic mass is 9.70. The maximum atomic E-state index is 10.6. The molecular formula is C11H14O4. The Balaban J connectivity index is 1.64. The molecule has 4 nitrogen and oxygen atoms in total. The third-order valence-corrected chi connectivity index (χ3v) is 3.96. The van der Waals surface area contributed by atoms with E-state index in [1.807, 2.05) is 0 Å². The number of rotatable bonds is 2. The van der Waals surface area contributed by atoms with Gasteiger partial charge in [-0.05, 0) is 24.7 Å². The van der Waals surface area contributed by atoms with Crippen molar-refractivity contribution in [2.45, 2.75) is 31.5 Å². The van der Waals surface area contributed by atoms with E-state index >= 15 is 0 Å². The van der Waals surface area contributed by atoms with Gasteiger partial charge < -0.3 is 14.6 Å². The van der Waals surface area contributed by atoms with Gasteiger partial charge in [-0.3, -0.25) is 4.79 Å². The van der Waals surface area contributed by atoms with E-state index in [0.717, 1.165) is 19.3 Å². The fraction of sp³-hybridized carbons (Fsp3) is 0.727. The summed E-state index contributed by atoms with van der Waals surface area (Å²) in [5, 5.41) is 8.75. The third-order valence-electron chi connectivity index (χ3n) is 3.96. The number of hydrogen-bond acceptors (Lipinski definition) is 3.